The van der Waals surface area contributed by atoms with Crippen LogP contribution in [0.25, 0.3) is 0 Å². The molecule has 11 nitrogen and oxygen atoms in total. The predicted octanol–water partition coefficient (Wildman–Crippen LogP) is 1.57. The Morgan fingerprint density at radius 3 is 2.30 bits per heavy atom. The van der Waals surface area contributed by atoms with E-state index in [9.17, 15) is 45.3 Å². The molecule has 0 radical (unpaired) electrons. The minimum Gasteiger partial charge on any atom is -0.394 e. The maximum absolute atomic E-state index is 14.7. The van der Waals surface area contributed by atoms with Gasteiger partial charge in [0.25, 0.3) is 0 Å². The van der Waals surface area contributed by atoms with Crippen LogP contribution in [0, 0.1) is 39.4 Å². The number of hydrogen-bond acceptors (Lipinski definition) is 11. The molecule has 3 saturated carbocycles. The average molecular weight is 665 g/mol. The van der Waals surface area contributed by atoms with Crippen LogP contribution in [0.2, 0.25) is 0 Å². The molecule has 0 spiro atoms. The van der Waals surface area contributed by atoms with Gasteiger partial charge >= 0.3 is 0 Å². The number of rotatable bonds is 7. The Morgan fingerprint density at radius 2 is 1.70 bits per heavy atom. The molecule has 0 aromatic carbocycles. The highest BCUT2D eigenvalue weighted by atomic mass is 16.7. The van der Waals surface area contributed by atoms with Crippen LogP contribution >= 0.6 is 0 Å². The van der Waals surface area contributed by atoms with Gasteiger partial charge in [0, 0.05) is 23.2 Å². The van der Waals surface area contributed by atoms with Crippen molar-refractivity contribution < 1.29 is 54.8 Å². The van der Waals surface area contributed by atoms with Gasteiger partial charge in [0.05, 0.1) is 24.4 Å². The van der Waals surface area contributed by atoms with Gasteiger partial charge in [-0.3, -0.25) is 9.59 Å². The molecule has 5 aliphatic rings. The van der Waals surface area contributed by atoms with Gasteiger partial charge in [0.15, 0.2) is 12.1 Å². The minimum absolute atomic E-state index is 0.0384. The summed E-state index contributed by atoms with van der Waals surface area (Å²) in [6.45, 7) is 14.3. The van der Waals surface area contributed by atoms with Crippen LogP contribution in [-0.2, 0) is 19.1 Å². The summed E-state index contributed by atoms with van der Waals surface area (Å²) in [5.74, 6) is -1.78. The van der Waals surface area contributed by atoms with E-state index in [1.54, 1.807) is 20.8 Å². The highest BCUT2D eigenvalue weighted by Gasteiger charge is 2.74. The van der Waals surface area contributed by atoms with Crippen LogP contribution < -0.4 is 0 Å². The quantitative estimate of drug-likeness (QED) is 0.195. The van der Waals surface area contributed by atoms with Crippen molar-refractivity contribution in [3.63, 3.8) is 0 Å². The van der Waals surface area contributed by atoms with Gasteiger partial charge in [-0.15, -0.1) is 0 Å². The molecule has 15 unspecified atom stereocenters. The van der Waals surface area contributed by atoms with Crippen molar-refractivity contribution in [1.82, 2.24) is 0 Å². The number of fused-ring (bicyclic) bond motifs is 5. The molecule has 0 aromatic heterocycles. The lowest BCUT2D eigenvalue weighted by molar-refractivity contribution is -0.311. The Hall–Kier alpha value is -1.54. The highest BCUT2D eigenvalue weighted by molar-refractivity contribution is 5.94. The van der Waals surface area contributed by atoms with E-state index in [1.807, 2.05) is 33.8 Å². The molecular formula is C36H56O11. The van der Waals surface area contributed by atoms with Crippen molar-refractivity contribution in [3.8, 4) is 0 Å². The summed E-state index contributed by atoms with van der Waals surface area (Å²) in [6, 6.07) is 0. The number of allylic oxidation sites excluding steroid dienone is 3. The molecule has 47 heavy (non-hydrogen) atoms. The number of carbonyl (C=O) groups excluding carboxylic acids is 2. The Bertz CT molecular complexity index is 1320. The zero-order valence-electron chi connectivity index (χ0n) is 29.0. The molecule has 7 N–H and O–H groups in total. The van der Waals surface area contributed by atoms with E-state index in [2.05, 4.69) is 13.0 Å². The topological polar surface area (TPSA) is 194 Å². The van der Waals surface area contributed by atoms with Crippen LogP contribution in [-0.4, -0.2) is 109 Å². The van der Waals surface area contributed by atoms with Gasteiger partial charge < -0.3 is 45.2 Å². The second-order valence-corrected chi connectivity index (χ2v) is 16.8. The molecule has 1 aliphatic heterocycles. The van der Waals surface area contributed by atoms with Gasteiger partial charge in [-0.25, -0.2) is 0 Å². The smallest absolute Gasteiger partial charge is 0.187 e. The van der Waals surface area contributed by atoms with E-state index in [0.29, 0.717) is 12.8 Å². The third-order valence-electron chi connectivity index (χ3n) is 13.6. The molecule has 1 heterocycles. The summed E-state index contributed by atoms with van der Waals surface area (Å²) in [6.07, 6.45) is -5.71. The first-order chi connectivity index (χ1) is 21.6. The Morgan fingerprint density at radius 1 is 1.06 bits per heavy atom. The summed E-state index contributed by atoms with van der Waals surface area (Å²) >= 11 is 0. The van der Waals surface area contributed by atoms with E-state index in [1.165, 1.54) is 0 Å². The lowest BCUT2D eigenvalue weighted by atomic mass is 9.38. The fourth-order valence-electron chi connectivity index (χ4n) is 10.7. The zero-order valence-corrected chi connectivity index (χ0v) is 29.0. The number of ether oxygens (including phenoxy) is 2. The van der Waals surface area contributed by atoms with Gasteiger partial charge in [0.1, 0.15) is 36.3 Å². The number of hydrogen-bond donors (Lipinski definition) is 7. The lowest BCUT2D eigenvalue weighted by Gasteiger charge is -2.64. The first-order valence-electron chi connectivity index (χ1n) is 17.1. The summed E-state index contributed by atoms with van der Waals surface area (Å²) in [5, 5.41) is 75.7. The van der Waals surface area contributed by atoms with Crippen LogP contribution in [0.4, 0.5) is 0 Å². The van der Waals surface area contributed by atoms with Gasteiger partial charge in [-0.2, -0.15) is 0 Å². The molecule has 266 valence electrons. The van der Waals surface area contributed by atoms with Gasteiger partial charge in [-0.1, -0.05) is 44.1 Å². The first-order valence-corrected chi connectivity index (χ1v) is 17.1. The lowest BCUT2D eigenvalue weighted by Crippen LogP contribution is -2.66. The number of carbonyl (C=O) groups is 2. The maximum atomic E-state index is 14.7. The number of aliphatic hydroxyl groups is 7. The molecule has 1 saturated heterocycles. The molecule has 4 aliphatic carbocycles. The van der Waals surface area contributed by atoms with E-state index in [4.69, 9.17) is 9.47 Å². The Balaban J connectivity index is 1.50. The predicted molar refractivity (Wildman–Crippen MR) is 170 cm³/mol. The molecule has 5 rings (SSSR count). The van der Waals surface area contributed by atoms with Crippen molar-refractivity contribution in [3.05, 3.63) is 23.3 Å². The van der Waals surface area contributed by atoms with Crippen molar-refractivity contribution in [2.45, 2.75) is 142 Å². The summed E-state index contributed by atoms with van der Waals surface area (Å²) in [5.41, 5.74) is -3.30. The van der Waals surface area contributed by atoms with Gasteiger partial charge in [0.2, 0.25) is 0 Å². The monoisotopic (exact) mass is 664 g/mol. The number of Topliss-reactive ketones (excluding diaryl/α,β-unsaturated/α-hetero) is 2. The summed E-state index contributed by atoms with van der Waals surface area (Å²) in [7, 11) is 0. The SMILES string of the molecule is CC(C)=CCC(O)C(C)(O)C1C(O)CC2(C)C3CC=C4C(CC(OC5OC(CO)C(O)C(O)C5O)C(=O)C4(C)C)C3(C)C(=O)CC12C. The fourth-order valence-corrected chi connectivity index (χ4v) is 10.7. The zero-order chi connectivity index (χ0) is 35.2. The molecule has 15 atom stereocenters. The van der Waals surface area contributed by atoms with Crippen LogP contribution in [0.5, 0.6) is 0 Å². The molecule has 11 heteroatoms. The molecule has 0 amide bonds. The first kappa shape index (κ1) is 36.7. The van der Waals surface area contributed by atoms with Gasteiger partial charge in [-0.05, 0) is 83.0 Å². The normalized spacial score (nSPS) is 48.0. The summed E-state index contributed by atoms with van der Waals surface area (Å²) < 4.78 is 11.7. The maximum Gasteiger partial charge on any atom is 0.187 e. The molecule has 0 aromatic rings. The standard InChI is InChI=1S/C36H56O11/c1-17(2)9-12-24(39)36(8,45)29-20(38)14-33(5)23-11-10-18-19(35(23,7)25(40)15-34(29,33)6)13-21(30(44)32(18,3)4)46-31-28(43)27(42)26(41)22(16-37)47-31/h9-10,19-24,26-29,31,37-39,41-43,45H,11-16H2,1-8H3. The van der Waals surface area contributed by atoms with Crippen LogP contribution in [0.15, 0.2) is 23.3 Å². The van der Waals surface area contributed by atoms with Crippen LogP contribution in [0.3, 0.4) is 0 Å². The Labute approximate surface area is 277 Å². The third kappa shape index (κ3) is 5.26. The van der Waals surface area contributed by atoms with Crippen molar-refractivity contribution in [1.29, 1.82) is 0 Å². The number of ketones is 2. The van der Waals surface area contributed by atoms with E-state index in [-0.39, 0.29) is 36.7 Å². The average Bonchev–Trinajstić information content (AvgIpc) is 3.19. The Kier molecular flexibility index (Phi) is 9.42. The summed E-state index contributed by atoms with van der Waals surface area (Å²) in [4.78, 5) is 28.7. The second-order valence-electron chi connectivity index (χ2n) is 16.8. The largest absolute Gasteiger partial charge is 0.394 e. The van der Waals surface area contributed by atoms with Crippen molar-refractivity contribution >= 4 is 11.6 Å². The molecule has 0 bridgehead atoms. The van der Waals surface area contributed by atoms with Crippen molar-refractivity contribution in [2.24, 2.45) is 39.4 Å². The second kappa shape index (κ2) is 12.1. The van der Waals surface area contributed by atoms with Crippen LogP contribution in [0.1, 0.15) is 87.5 Å². The van der Waals surface area contributed by atoms with E-state index >= 15 is 0 Å². The van der Waals surface area contributed by atoms with E-state index in [0.717, 1.165) is 11.1 Å². The minimum atomic E-state index is -1.68. The highest BCUT2D eigenvalue weighted by Crippen LogP contribution is 2.74. The molecule has 4 fully saturated rings. The van der Waals surface area contributed by atoms with Crippen molar-refractivity contribution in [2.75, 3.05) is 6.61 Å². The van der Waals surface area contributed by atoms with E-state index < -0.39 is 94.7 Å². The third-order valence-corrected chi connectivity index (χ3v) is 13.6. The number of aliphatic hydroxyl groups excluding tert-OH is 6. The molecular weight excluding hydrogens is 608 g/mol. The fraction of sp³-hybridized carbons (Fsp3) is 0.833.